The molecular weight excluding hydrogens is 229 g/mol. The van der Waals surface area contributed by atoms with Gasteiger partial charge in [-0.2, -0.15) is 13.2 Å². The maximum absolute atomic E-state index is 12.2. The van der Waals surface area contributed by atoms with Gasteiger partial charge in [0.05, 0.1) is 10.5 Å². The van der Waals surface area contributed by atoms with Gasteiger partial charge in [0.2, 0.25) is 0 Å². The van der Waals surface area contributed by atoms with Crippen molar-refractivity contribution in [2.75, 3.05) is 7.05 Å². The predicted molar refractivity (Wildman–Crippen MR) is 49.6 cm³/mol. The molecule has 3 nitrogen and oxygen atoms in total. The summed E-state index contributed by atoms with van der Waals surface area (Å²) in [4.78, 5) is 0.0259. The van der Waals surface area contributed by atoms with E-state index in [9.17, 15) is 17.4 Å². The number of nitrogens with one attached hydrogen (secondary N) is 2. The van der Waals surface area contributed by atoms with Crippen LogP contribution in [0.2, 0.25) is 0 Å². The summed E-state index contributed by atoms with van der Waals surface area (Å²) in [6.45, 7) is 0. The summed E-state index contributed by atoms with van der Waals surface area (Å²) < 4.78 is 57.4. The summed E-state index contributed by atoms with van der Waals surface area (Å²) >= 11 is 0. The van der Waals surface area contributed by atoms with E-state index in [0.717, 1.165) is 24.3 Å². The van der Waals surface area contributed by atoms with E-state index in [-0.39, 0.29) is 4.90 Å². The molecule has 0 amide bonds. The molecule has 0 aliphatic carbocycles. The molecule has 1 aromatic carbocycles. The average molecular weight is 238 g/mol. The summed E-state index contributed by atoms with van der Waals surface area (Å²) in [7, 11) is -1.87. The van der Waals surface area contributed by atoms with Crippen LogP contribution >= 0.6 is 0 Å². The van der Waals surface area contributed by atoms with Crippen molar-refractivity contribution in [3.63, 3.8) is 0 Å². The van der Waals surface area contributed by atoms with Gasteiger partial charge in [-0.1, -0.05) is 0 Å². The molecule has 1 rings (SSSR count). The monoisotopic (exact) mass is 238 g/mol. The number of benzene rings is 1. The number of hydrogen-bond acceptors (Lipinski definition) is 2. The molecule has 0 aliphatic rings. The zero-order chi connectivity index (χ0) is 11.7. The van der Waals surface area contributed by atoms with Crippen molar-refractivity contribution in [2.24, 2.45) is 0 Å². The maximum Gasteiger partial charge on any atom is 0.416 e. The summed E-state index contributed by atoms with van der Waals surface area (Å²) in [5, 5.41) is 0. The SMILES string of the molecule is CNS(=N)(=O)c1ccc(C(F)(F)F)cc1. The molecule has 2 N–H and O–H groups in total. The van der Waals surface area contributed by atoms with Gasteiger partial charge in [0.15, 0.2) is 0 Å². The van der Waals surface area contributed by atoms with E-state index in [0.29, 0.717) is 0 Å². The highest BCUT2D eigenvalue weighted by Crippen LogP contribution is 2.29. The Bertz CT molecular complexity index is 436. The van der Waals surface area contributed by atoms with E-state index in [1.165, 1.54) is 7.05 Å². The van der Waals surface area contributed by atoms with Crippen molar-refractivity contribution in [3.05, 3.63) is 29.8 Å². The second kappa shape index (κ2) is 3.82. The summed E-state index contributed by atoms with van der Waals surface area (Å²) in [6.07, 6.45) is -4.42. The summed E-state index contributed by atoms with van der Waals surface area (Å²) in [6, 6.07) is 3.69. The highest BCUT2D eigenvalue weighted by Gasteiger charge is 2.30. The molecule has 7 heteroatoms. The van der Waals surface area contributed by atoms with Gasteiger partial charge in [-0.3, -0.25) is 0 Å². The fourth-order valence-corrected chi connectivity index (χ4v) is 1.71. The van der Waals surface area contributed by atoms with Crippen molar-refractivity contribution >= 4 is 9.92 Å². The van der Waals surface area contributed by atoms with Crippen LogP contribution in [-0.2, 0) is 16.1 Å². The van der Waals surface area contributed by atoms with Crippen molar-refractivity contribution in [2.45, 2.75) is 11.1 Å². The lowest BCUT2D eigenvalue weighted by molar-refractivity contribution is -0.137. The molecule has 1 unspecified atom stereocenters. The smallest absolute Gasteiger partial charge is 0.236 e. The van der Waals surface area contributed by atoms with Crippen LogP contribution in [0.3, 0.4) is 0 Å². The minimum atomic E-state index is -4.42. The first-order valence-corrected chi connectivity index (χ1v) is 5.48. The Morgan fingerprint density at radius 2 is 1.73 bits per heavy atom. The van der Waals surface area contributed by atoms with Crippen molar-refractivity contribution in [3.8, 4) is 0 Å². The van der Waals surface area contributed by atoms with Gasteiger partial charge in [-0.25, -0.2) is 13.7 Å². The molecule has 0 spiro atoms. The van der Waals surface area contributed by atoms with E-state index >= 15 is 0 Å². The van der Waals surface area contributed by atoms with Crippen molar-refractivity contribution in [1.29, 1.82) is 4.78 Å². The summed E-state index contributed by atoms with van der Waals surface area (Å²) in [5.74, 6) is 0. The zero-order valence-corrected chi connectivity index (χ0v) is 8.58. The molecule has 0 saturated carbocycles. The van der Waals surface area contributed by atoms with E-state index in [1.807, 2.05) is 0 Å². The molecule has 15 heavy (non-hydrogen) atoms. The molecular formula is C8H9F3N2OS. The Kier molecular flexibility index (Phi) is 3.05. The topological polar surface area (TPSA) is 53.0 Å². The molecule has 84 valence electrons. The molecule has 0 bridgehead atoms. The molecule has 1 atom stereocenters. The Morgan fingerprint density at radius 3 is 2.07 bits per heavy atom. The Hall–Kier alpha value is -1.08. The van der Waals surface area contributed by atoms with Gasteiger partial charge in [0.25, 0.3) is 0 Å². The maximum atomic E-state index is 12.2. The van der Waals surface area contributed by atoms with Gasteiger partial charge >= 0.3 is 6.18 Å². The van der Waals surface area contributed by atoms with Crippen LogP contribution in [0.4, 0.5) is 13.2 Å². The molecule has 0 fully saturated rings. The van der Waals surface area contributed by atoms with E-state index in [1.54, 1.807) is 0 Å². The second-order valence-corrected chi connectivity index (χ2v) is 4.77. The molecule has 0 heterocycles. The largest absolute Gasteiger partial charge is 0.416 e. The lowest BCUT2D eigenvalue weighted by atomic mass is 10.2. The highest BCUT2D eigenvalue weighted by molar-refractivity contribution is 7.90. The zero-order valence-electron chi connectivity index (χ0n) is 7.76. The molecule has 0 radical (unpaired) electrons. The van der Waals surface area contributed by atoms with E-state index < -0.39 is 21.7 Å². The molecule has 0 aromatic heterocycles. The van der Waals surface area contributed by atoms with E-state index in [2.05, 4.69) is 4.72 Å². The van der Waals surface area contributed by atoms with Crippen LogP contribution in [0.1, 0.15) is 5.56 Å². The fraction of sp³-hybridized carbons (Fsp3) is 0.250. The molecule has 0 aliphatic heterocycles. The molecule has 1 aromatic rings. The van der Waals surface area contributed by atoms with Gasteiger partial charge in [-0.15, -0.1) is 0 Å². The summed E-state index contributed by atoms with van der Waals surface area (Å²) in [5.41, 5.74) is -0.822. The van der Waals surface area contributed by atoms with Crippen LogP contribution in [0.15, 0.2) is 29.2 Å². The number of hydrogen-bond donors (Lipinski definition) is 2. The lowest BCUT2D eigenvalue weighted by Crippen LogP contribution is -2.17. The first kappa shape index (κ1) is 12.0. The third-order valence-corrected chi connectivity index (χ3v) is 3.31. The van der Waals surface area contributed by atoms with Crippen molar-refractivity contribution < 1.29 is 17.4 Å². The number of halogens is 3. The van der Waals surface area contributed by atoms with E-state index in [4.69, 9.17) is 4.78 Å². The average Bonchev–Trinajstić information content (AvgIpc) is 2.17. The first-order valence-electron chi connectivity index (χ1n) is 3.92. The first-order chi connectivity index (χ1) is 6.77. The van der Waals surface area contributed by atoms with Crippen LogP contribution in [0, 0.1) is 4.78 Å². The standard InChI is InChI=1S/C8H9F3N2OS/c1-13-15(12,14)7-4-2-6(3-5-7)8(9,10)11/h2-5H,1H3,(H2,12,13,14). The Morgan fingerprint density at radius 1 is 1.27 bits per heavy atom. The van der Waals surface area contributed by atoms with Crippen LogP contribution in [0.5, 0.6) is 0 Å². The van der Waals surface area contributed by atoms with Crippen LogP contribution in [-0.4, -0.2) is 11.3 Å². The third kappa shape index (κ3) is 2.69. The Labute approximate surface area is 85.4 Å². The lowest BCUT2D eigenvalue weighted by Gasteiger charge is -2.09. The third-order valence-electron chi connectivity index (χ3n) is 1.80. The number of alkyl halides is 3. The van der Waals surface area contributed by atoms with Gasteiger partial charge in [0, 0.05) is 0 Å². The quantitative estimate of drug-likeness (QED) is 0.815. The van der Waals surface area contributed by atoms with Crippen LogP contribution in [0.25, 0.3) is 0 Å². The van der Waals surface area contributed by atoms with Crippen molar-refractivity contribution in [1.82, 2.24) is 4.72 Å². The fourth-order valence-electron chi connectivity index (χ4n) is 0.953. The van der Waals surface area contributed by atoms with Crippen LogP contribution < -0.4 is 4.72 Å². The van der Waals surface area contributed by atoms with Gasteiger partial charge < -0.3 is 0 Å². The molecule has 0 saturated heterocycles. The minimum Gasteiger partial charge on any atom is -0.236 e. The second-order valence-electron chi connectivity index (χ2n) is 2.78. The normalized spacial score (nSPS) is 16.0. The predicted octanol–water partition coefficient (Wildman–Crippen LogP) is 2.25. The number of rotatable bonds is 2. The minimum absolute atomic E-state index is 0.0259. The van der Waals surface area contributed by atoms with Gasteiger partial charge in [0.1, 0.15) is 9.92 Å². The highest BCUT2D eigenvalue weighted by atomic mass is 32.2. The Balaban J connectivity index is 3.12. The van der Waals surface area contributed by atoms with Gasteiger partial charge in [-0.05, 0) is 31.3 Å².